The lowest BCUT2D eigenvalue weighted by Gasteiger charge is -2.18. The molecular formula is C19H21ClN4O. The first-order chi connectivity index (χ1) is 12.1. The molecule has 2 amide bonds. The molecule has 0 saturated carbocycles. The van der Waals surface area contributed by atoms with Crippen LogP contribution >= 0.6 is 11.6 Å². The smallest absolute Gasteiger partial charge is 0.339 e. The minimum Gasteiger partial charge on any atom is -0.372 e. The molecule has 3 rings (SSSR count). The largest absolute Gasteiger partial charge is 0.372 e. The van der Waals surface area contributed by atoms with Gasteiger partial charge in [0.15, 0.2) is 0 Å². The fraction of sp³-hybridized carbons (Fsp3) is 0.263. The van der Waals surface area contributed by atoms with Crippen LogP contribution in [-0.2, 0) is 0 Å². The number of aryl methyl sites for hydroxylation is 1. The summed E-state index contributed by atoms with van der Waals surface area (Å²) in [6.45, 7) is 4.30. The van der Waals surface area contributed by atoms with Gasteiger partial charge < -0.3 is 10.2 Å². The molecule has 2 aromatic carbocycles. The van der Waals surface area contributed by atoms with Gasteiger partial charge in [-0.05, 0) is 67.3 Å². The normalized spacial score (nSPS) is 14.1. The predicted octanol–water partition coefficient (Wildman–Crippen LogP) is 4.40. The highest BCUT2D eigenvalue weighted by atomic mass is 35.5. The lowest BCUT2D eigenvalue weighted by Crippen LogP contribution is -2.24. The summed E-state index contributed by atoms with van der Waals surface area (Å²) in [6.07, 6.45) is 4.17. The number of halogens is 1. The Bertz CT molecular complexity index is 767. The average Bonchev–Trinajstić information content (AvgIpc) is 3.13. The molecule has 0 aliphatic carbocycles. The van der Waals surface area contributed by atoms with E-state index in [0.29, 0.717) is 10.7 Å². The monoisotopic (exact) mass is 356 g/mol. The van der Waals surface area contributed by atoms with Gasteiger partial charge in [0.1, 0.15) is 0 Å². The van der Waals surface area contributed by atoms with Crippen LogP contribution < -0.4 is 15.6 Å². The predicted molar refractivity (Wildman–Crippen MR) is 104 cm³/mol. The van der Waals surface area contributed by atoms with E-state index in [9.17, 15) is 4.79 Å². The zero-order valence-electron chi connectivity index (χ0n) is 14.1. The number of carbonyl (C=O) groups excluding carboxylic acids is 1. The maximum Gasteiger partial charge on any atom is 0.339 e. The van der Waals surface area contributed by atoms with E-state index in [2.05, 4.69) is 39.8 Å². The summed E-state index contributed by atoms with van der Waals surface area (Å²) in [7, 11) is 0. The summed E-state index contributed by atoms with van der Waals surface area (Å²) in [5.74, 6) is 0. The van der Waals surface area contributed by atoms with Crippen LogP contribution in [0.4, 0.5) is 16.2 Å². The van der Waals surface area contributed by atoms with Crippen LogP contribution in [0.15, 0.2) is 47.6 Å². The van der Waals surface area contributed by atoms with Gasteiger partial charge in [0.25, 0.3) is 0 Å². The molecule has 1 saturated heterocycles. The molecule has 130 valence electrons. The van der Waals surface area contributed by atoms with Gasteiger partial charge in [-0.2, -0.15) is 5.10 Å². The van der Waals surface area contributed by atoms with E-state index in [4.69, 9.17) is 11.6 Å². The molecular weight excluding hydrogens is 336 g/mol. The highest BCUT2D eigenvalue weighted by Gasteiger charge is 2.12. The Labute approximate surface area is 152 Å². The summed E-state index contributed by atoms with van der Waals surface area (Å²) < 4.78 is 0. The van der Waals surface area contributed by atoms with Crippen LogP contribution in [0.3, 0.4) is 0 Å². The number of hydrogen-bond donors (Lipinski definition) is 2. The van der Waals surface area contributed by atoms with E-state index in [1.54, 1.807) is 30.5 Å². The van der Waals surface area contributed by atoms with E-state index < -0.39 is 6.03 Å². The van der Waals surface area contributed by atoms with E-state index >= 15 is 0 Å². The first-order valence-electron chi connectivity index (χ1n) is 8.33. The van der Waals surface area contributed by atoms with Crippen molar-refractivity contribution < 1.29 is 4.79 Å². The molecule has 6 heteroatoms. The summed E-state index contributed by atoms with van der Waals surface area (Å²) in [6, 6.07) is 12.8. The van der Waals surface area contributed by atoms with Gasteiger partial charge in [-0.1, -0.05) is 17.7 Å². The Kier molecular flexibility index (Phi) is 5.56. The van der Waals surface area contributed by atoms with Gasteiger partial charge in [-0.15, -0.1) is 0 Å². The van der Waals surface area contributed by atoms with Gasteiger partial charge >= 0.3 is 6.03 Å². The fourth-order valence-electron chi connectivity index (χ4n) is 2.83. The first-order valence-corrected chi connectivity index (χ1v) is 8.71. The van der Waals surface area contributed by atoms with E-state index in [1.807, 2.05) is 6.07 Å². The number of nitrogens with one attached hydrogen (secondary N) is 2. The van der Waals surface area contributed by atoms with Crippen molar-refractivity contribution in [2.75, 3.05) is 23.3 Å². The Morgan fingerprint density at radius 1 is 1.16 bits per heavy atom. The van der Waals surface area contributed by atoms with Crippen LogP contribution in [0.25, 0.3) is 0 Å². The van der Waals surface area contributed by atoms with Crippen LogP contribution in [-0.4, -0.2) is 25.3 Å². The zero-order chi connectivity index (χ0) is 17.6. The van der Waals surface area contributed by atoms with Crippen molar-refractivity contribution in [3.63, 3.8) is 0 Å². The summed E-state index contributed by atoms with van der Waals surface area (Å²) >= 11 is 5.81. The van der Waals surface area contributed by atoms with Crippen molar-refractivity contribution in [3.05, 3.63) is 58.6 Å². The number of hydrazone groups is 1. The van der Waals surface area contributed by atoms with Gasteiger partial charge in [0, 0.05) is 29.5 Å². The SMILES string of the molecule is Cc1cc(N2CCCC2)ccc1/C=N/NC(=O)Nc1ccc(Cl)cc1. The topological polar surface area (TPSA) is 56.7 Å². The van der Waals surface area contributed by atoms with Crippen LogP contribution in [0.1, 0.15) is 24.0 Å². The molecule has 0 unspecified atom stereocenters. The third-order valence-electron chi connectivity index (χ3n) is 4.20. The summed E-state index contributed by atoms with van der Waals surface area (Å²) in [5, 5.41) is 7.33. The first kappa shape index (κ1) is 17.3. The van der Waals surface area contributed by atoms with E-state index in [0.717, 1.165) is 24.2 Å². The maximum atomic E-state index is 11.8. The Hall–Kier alpha value is -2.53. The van der Waals surface area contributed by atoms with Crippen LogP contribution in [0, 0.1) is 6.92 Å². The van der Waals surface area contributed by atoms with E-state index in [1.165, 1.54) is 18.5 Å². The van der Waals surface area contributed by atoms with Gasteiger partial charge in [-0.3, -0.25) is 0 Å². The Morgan fingerprint density at radius 3 is 2.56 bits per heavy atom. The molecule has 1 aliphatic heterocycles. The van der Waals surface area contributed by atoms with Crippen molar-refractivity contribution in [3.8, 4) is 0 Å². The second-order valence-electron chi connectivity index (χ2n) is 6.07. The number of carbonyl (C=O) groups is 1. The second kappa shape index (κ2) is 8.03. The minimum atomic E-state index is -0.398. The van der Waals surface area contributed by atoms with Crippen molar-refractivity contribution in [1.29, 1.82) is 0 Å². The summed E-state index contributed by atoms with van der Waals surface area (Å²) in [4.78, 5) is 14.2. The molecule has 1 heterocycles. The van der Waals surface area contributed by atoms with Gasteiger partial charge in [-0.25, -0.2) is 10.2 Å². The highest BCUT2D eigenvalue weighted by molar-refractivity contribution is 6.30. The third kappa shape index (κ3) is 4.73. The van der Waals surface area contributed by atoms with E-state index in [-0.39, 0.29) is 0 Å². The van der Waals surface area contributed by atoms with Crippen molar-refractivity contribution in [2.45, 2.75) is 19.8 Å². The van der Waals surface area contributed by atoms with Crippen molar-refractivity contribution in [1.82, 2.24) is 5.43 Å². The maximum absolute atomic E-state index is 11.8. The molecule has 5 nitrogen and oxygen atoms in total. The molecule has 0 radical (unpaired) electrons. The van der Waals surface area contributed by atoms with Crippen molar-refractivity contribution >= 4 is 35.2 Å². The lowest BCUT2D eigenvalue weighted by molar-refractivity contribution is 0.252. The number of benzene rings is 2. The molecule has 2 aromatic rings. The average molecular weight is 357 g/mol. The summed E-state index contributed by atoms with van der Waals surface area (Å²) in [5.41, 5.74) is 6.49. The number of hydrogen-bond acceptors (Lipinski definition) is 3. The second-order valence-corrected chi connectivity index (χ2v) is 6.50. The minimum absolute atomic E-state index is 0.398. The molecule has 0 spiro atoms. The molecule has 0 aromatic heterocycles. The molecule has 25 heavy (non-hydrogen) atoms. The molecule has 1 fully saturated rings. The molecule has 0 bridgehead atoms. The number of rotatable bonds is 4. The highest BCUT2D eigenvalue weighted by Crippen LogP contribution is 2.22. The molecule has 2 N–H and O–H groups in total. The van der Waals surface area contributed by atoms with Gasteiger partial charge in [0.05, 0.1) is 6.21 Å². The van der Waals surface area contributed by atoms with Gasteiger partial charge in [0.2, 0.25) is 0 Å². The Balaban J connectivity index is 1.56. The number of anilines is 2. The van der Waals surface area contributed by atoms with Crippen LogP contribution in [0.2, 0.25) is 5.02 Å². The lowest BCUT2D eigenvalue weighted by atomic mass is 10.1. The third-order valence-corrected chi connectivity index (χ3v) is 4.45. The van der Waals surface area contributed by atoms with Crippen LogP contribution in [0.5, 0.6) is 0 Å². The standard InChI is InChI=1S/C19H21ClN4O/c1-14-12-18(24-10-2-3-11-24)9-4-15(14)13-21-23-19(25)22-17-7-5-16(20)6-8-17/h4-9,12-13H,2-3,10-11H2,1H3,(H2,22,23,25)/b21-13+. The number of urea groups is 1. The van der Waals surface area contributed by atoms with Crippen molar-refractivity contribution in [2.24, 2.45) is 5.10 Å². The number of amides is 2. The molecule has 0 atom stereocenters. The quantitative estimate of drug-likeness (QED) is 0.630. The fourth-order valence-corrected chi connectivity index (χ4v) is 2.96. The zero-order valence-corrected chi connectivity index (χ0v) is 14.9. The Morgan fingerprint density at radius 2 is 1.88 bits per heavy atom. The number of nitrogens with zero attached hydrogens (tertiary/aromatic N) is 2. The molecule has 1 aliphatic rings.